The van der Waals surface area contributed by atoms with Gasteiger partial charge in [-0.1, -0.05) is 15.9 Å². The second-order valence-electron chi connectivity index (χ2n) is 10.7. The van der Waals surface area contributed by atoms with E-state index < -0.39 is 23.6 Å². The number of anilines is 2. The van der Waals surface area contributed by atoms with E-state index in [4.69, 9.17) is 0 Å². The van der Waals surface area contributed by atoms with Crippen molar-refractivity contribution in [3.8, 4) is 0 Å². The molecule has 1 aromatic heterocycles. The van der Waals surface area contributed by atoms with Gasteiger partial charge >= 0.3 is 6.18 Å². The maximum atomic E-state index is 13.6. The largest absolute Gasteiger partial charge is 0.401 e. The highest BCUT2D eigenvalue weighted by Gasteiger charge is 2.56. The molecule has 3 fully saturated rings. The van der Waals surface area contributed by atoms with Crippen LogP contribution in [0.5, 0.6) is 0 Å². The van der Waals surface area contributed by atoms with E-state index in [0.717, 1.165) is 12.8 Å². The van der Waals surface area contributed by atoms with Crippen LogP contribution in [0, 0.1) is 15.5 Å². The van der Waals surface area contributed by atoms with Crippen molar-refractivity contribution in [2.75, 3.05) is 63.5 Å². The molecule has 15 heteroatoms. The summed E-state index contributed by atoms with van der Waals surface area (Å²) in [4.78, 5) is 47.0. The fourth-order valence-electron chi connectivity index (χ4n) is 5.63. The molecule has 5 rings (SSSR count). The van der Waals surface area contributed by atoms with Crippen molar-refractivity contribution in [3.05, 3.63) is 56.3 Å². The Morgan fingerprint density at radius 3 is 2.44 bits per heavy atom. The Morgan fingerprint density at radius 1 is 1.12 bits per heavy atom. The Kier molecular flexibility index (Phi) is 7.85. The summed E-state index contributed by atoms with van der Waals surface area (Å²) in [5, 5.41) is 18.3. The molecule has 2 aromatic rings. The van der Waals surface area contributed by atoms with Crippen LogP contribution in [0.15, 0.2) is 35.1 Å². The molecule has 0 radical (unpaired) electrons. The van der Waals surface area contributed by atoms with Crippen molar-refractivity contribution >= 4 is 44.8 Å². The second kappa shape index (κ2) is 11.1. The zero-order valence-electron chi connectivity index (χ0n) is 22.2. The molecule has 11 nitrogen and oxygen atoms in total. The van der Waals surface area contributed by atoms with E-state index in [1.807, 2.05) is 0 Å². The fraction of sp³-hybridized carbons (Fsp3) is 0.500. The van der Waals surface area contributed by atoms with E-state index in [-0.39, 0.29) is 67.0 Å². The van der Waals surface area contributed by atoms with Gasteiger partial charge in [0, 0.05) is 74.7 Å². The molecular weight excluding hydrogens is 611 g/mol. The number of halogens is 4. The molecule has 1 aliphatic carbocycles. The van der Waals surface area contributed by atoms with Crippen molar-refractivity contribution in [2.45, 2.75) is 25.1 Å². The first kappa shape index (κ1) is 29.0. The van der Waals surface area contributed by atoms with Crippen LogP contribution in [0.25, 0.3) is 0 Å². The normalized spacial score (nSPS) is 20.3. The van der Waals surface area contributed by atoms with E-state index in [9.17, 15) is 32.9 Å². The number of nitrogens with one attached hydrogen (secondary N) is 2. The molecule has 220 valence electrons. The summed E-state index contributed by atoms with van der Waals surface area (Å²) in [6, 6.07) is 4.17. The van der Waals surface area contributed by atoms with Gasteiger partial charge in [-0.15, -0.1) is 0 Å². The van der Waals surface area contributed by atoms with Crippen molar-refractivity contribution in [3.63, 3.8) is 0 Å². The summed E-state index contributed by atoms with van der Waals surface area (Å²) in [7, 11) is 1.73. The maximum absolute atomic E-state index is 13.6. The zero-order valence-corrected chi connectivity index (χ0v) is 23.8. The summed E-state index contributed by atoms with van der Waals surface area (Å²) < 4.78 is 38.8. The molecule has 1 atom stereocenters. The Balaban J connectivity index is 1.38. The van der Waals surface area contributed by atoms with E-state index in [2.05, 4.69) is 31.5 Å². The number of aromatic nitrogens is 1. The molecule has 2 amide bonds. The van der Waals surface area contributed by atoms with Crippen molar-refractivity contribution in [2.24, 2.45) is 5.41 Å². The highest BCUT2D eigenvalue weighted by atomic mass is 79.9. The van der Waals surface area contributed by atoms with Gasteiger partial charge in [0.1, 0.15) is 5.69 Å². The second-order valence-corrected chi connectivity index (χ2v) is 11.7. The van der Waals surface area contributed by atoms with Crippen LogP contribution in [0.1, 0.15) is 33.6 Å². The van der Waals surface area contributed by atoms with Gasteiger partial charge < -0.3 is 20.4 Å². The number of carbonyl (C=O) groups excluding carboxylic acids is 2. The molecule has 2 saturated heterocycles. The van der Waals surface area contributed by atoms with Crippen LogP contribution in [-0.2, 0) is 0 Å². The molecular formula is C26H29BrF3N7O4. The third-order valence-corrected chi connectivity index (χ3v) is 8.45. The minimum absolute atomic E-state index is 0.0382. The van der Waals surface area contributed by atoms with Gasteiger partial charge in [-0.3, -0.25) is 29.6 Å². The Bertz CT molecular complexity index is 1360. The zero-order chi connectivity index (χ0) is 29.5. The lowest BCUT2D eigenvalue weighted by Crippen LogP contribution is -2.51. The summed E-state index contributed by atoms with van der Waals surface area (Å²) in [5.41, 5.74) is 0.632. The van der Waals surface area contributed by atoms with Crippen LogP contribution in [0.3, 0.4) is 0 Å². The number of amides is 2. The van der Waals surface area contributed by atoms with Gasteiger partial charge in [0.05, 0.1) is 34.3 Å². The number of rotatable bonds is 7. The highest BCUT2D eigenvalue weighted by Crippen LogP contribution is 2.54. The molecule has 1 saturated carbocycles. The monoisotopic (exact) mass is 639 g/mol. The standard InChI is InChI=1S/C26H29BrF3N7O4/c1-31-18-8-16(11-32-12-18)23(38)36-13-21(25(14-36)2-3-25)33-22-19(9-17(27)10-20(22)37(40)41)24(39)35-6-4-34(5-7-35)15-26(28,29)30/h8-12,21,31,33H,2-7,13-15H2,1H3/t21-/m0/s1. The van der Waals surface area contributed by atoms with Crippen LogP contribution in [0.2, 0.25) is 0 Å². The predicted octanol–water partition coefficient (Wildman–Crippen LogP) is 3.83. The number of nitro groups is 1. The summed E-state index contributed by atoms with van der Waals surface area (Å²) >= 11 is 3.26. The molecule has 0 unspecified atom stereocenters. The molecule has 3 aliphatic rings. The number of hydrogen-bond acceptors (Lipinski definition) is 8. The van der Waals surface area contributed by atoms with Crippen molar-refractivity contribution in [1.29, 1.82) is 0 Å². The third kappa shape index (κ3) is 6.25. The molecule has 41 heavy (non-hydrogen) atoms. The summed E-state index contributed by atoms with van der Waals surface area (Å²) in [6.07, 6.45) is 0.398. The minimum atomic E-state index is -4.34. The van der Waals surface area contributed by atoms with Crippen LogP contribution in [-0.4, -0.2) is 102 Å². The van der Waals surface area contributed by atoms with Gasteiger partial charge in [-0.25, -0.2) is 0 Å². The number of piperazine rings is 1. The first-order valence-corrected chi connectivity index (χ1v) is 13.9. The first-order chi connectivity index (χ1) is 19.4. The summed E-state index contributed by atoms with van der Waals surface area (Å²) in [5.74, 6) is -0.710. The van der Waals surface area contributed by atoms with Gasteiger partial charge in [-0.05, 0) is 25.0 Å². The molecule has 2 N–H and O–H groups in total. The fourth-order valence-corrected chi connectivity index (χ4v) is 6.08. The Labute approximate surface area is 242 Å². The average Bonchev–Trinajstić information content (AvgIpc) is 3.62. The third-order valence-electron chi connectivity index (χ3n) is 7.99. The minimum Gasteiger partial charge on any atom is -0.387 e. The Morgan fingerprint density at radius 2 is 1.83 bits per heavy atom. The SMILES string of the molecule is CNc1cncc(C(=O)N2C[C@H](Nc3c(C(=O)N4CCN(CC(F)(F)F)CC4)cc(Br)cc3[N+](=O)[O-])C3(CC3)C2)c1. The Hall–Kier alpha value is -3.46. The van der Waals surface area contributed by atoms with Crippen LogP contribution in [0.4, 0.5) is 30.2 Å². The van der Waals surface area contributed by atoms with E-state index in [0.29, 0.717) is 22.3 Å². The van der Waals surface area contributed by atoms with Gasteiger partial charge in [0.15, 0.2) is 0 Å². The van der Waals surface area contributed by atoms with Gasteiger partial charge in [0.25, 0.3) is 17.5 Å². The van der Waals surface area contributed by atoms with Crippen LogP contribution >= 0.6 is 15.9 Å². The number of pyridine rings is 1. The van der Waals surface area contributed by atoms with E-state index in [1.54, 1.807) is 24.2 Å². The maximum Gasteiger partial charge on any atom is 0.401 e. The number of alkyl halides is 3. The topological polar surface area (TPSA) is 124 Å². The molecule has 0 bridgehead atoms. The summed E-state index contributed by atoms with van der Waals surface area (Å²) in [6.45, 7) is -0.124. The van der Waals surface area contributed by atoms with Gasteiger partial charge in [0.2, 0.25) is 0 Å². The number of benzene rings is 1. The molecule has 3 heterocycles. The van der Waals surface area contributed by atoms with Crippen LogP contribution < -0.4 is 10.6 Å². The molecule has 1 aromatic carbocycles. The quantitative estimate of drug-likeness (QED) is 0.346. The lowest BCUT2D eigenvalue weighted by molar-refractivity contribution is -0.384. The number of nitro benzene ring substituents is 1. The first-order valence-electron chi connectivity index (χ1n) is 13.1. The lowest BCUT2D eigenvalue weighted by atomic mass is 9.99. The number of hydrogen-bond donors (Lipinski definition) is 2. The lowest BCUT2D eigenvalue weighted by Gasteiger charge is -2.35. The van der Waals surface area contributed by atoms with Crippen molar-refractivity contribution < 1.29 is 27.7 Å². The molecule has 2 aliphatic heterocycles. The smallest absolute Gasteiger partial charge is 0.387 e. The van der Waals surface area contributed by atoms with Crippen molar-refractivity contribution in [1.82, 2.24) is 19.7 Å². The number of nitrogens with zero attached hydrogens (tertiary/aromatic N) is 5. The highest BCUT2D eigenvalue weighted by molar-refractivity contribution is 9.10. The predicted molar refractivity (Wildman–Crippen MR) is 148 cm³/mol. The number of carbonyl (C=O) groups is 2. The number of likely N-dealkylation sites (tertiary alicyclic amines) is 1. The molecule has 1 spiro atoms. The van der Waals surface area contributed by atoms with E-state index >= 15 is 0 Å². The average molecular weight is 640 g/mol. The van der Waals surface area contributed by atoms with Gasteiger partial charge in [-0.2, -0.15) is 13.2 Å². The van der Waals surface area contributed by atoms with E-state index in [1.165, 1.54) is 28.1 Å².